The average Bonchev–Trinajstić information content (AvgIpc) is 2.90. The molecule has 0 amide bonds. The lowest BCUT2D eigenvalue weighted by Gasteiger charge is -2.05. The second-order valence-corrected chi connectivity index (χ2v) is 6.98. The molecule has 0 saturated heterocycles. The number of benzene rings is 1. The molecule has 2 heterocycles. The largest absolute Gasteiger partial charge is 0.357 e. The van der Waals surface area contributed by atoms with Crippen LogP contribution in [0.15, 0.2) is 40.3 Å². The van der Waals surface area contributed by atoms with Crippen molar-refractivity contribution in [3.63, 3.8) is 0 Å². The van der Waals surface area contributed by atoms with Gasteiger partial charge in [-0.1, -0.05) is 36.4 Å². The number of aryl methyl sites for hydroxylation is 2. The number of hydrogen-bond acceptors (Lipinski definition) is 5. The van der Waals surface area contributed by atoms with Crippen LogP contribution in [0.25, 0.3) is 10.2 Å². The van der Waals surface area contributed by atoms with Crippen LogP contribution in [0.5, 0.6) is 0 Å². The Labute approximate surface area is 132 Å². The van der Waals surface area contributed by atoms with Gasteiger partial charge in [-0.15, -0.1) is 11.3 Å². The SMILES string of the molecule is CCc1cc2c(Sc3cccc(C)c3)nc(NC)nc2s1. The van der Waals surface area contributed by atoms with E-state index in [0.717, 1.165) is 21.7 Å². The molecule has 3 aromatic rings. The summed E-state index contributed by atoms with van der Waals surface area (Å²) in [5.74, 6) is 0.683. The smallest absolute Gasteiger partial charge is 0.224 e. The predicted molar refractivity (Wildman–Crippen MR) is 91.6 cm³/mol. The highest BCUT2D eigenvalue weighted by molar-refractivity contribution is 7.99. The standard InChI is InChI=1S/C16H17N3S2/c1-4-11-9-13-14(20-11)18-16(17-3)19-15(13)21-12-7-5-6-10(2)8-12/h5-9H,4H2,1-3H3,(H,17,18,19). The number of thiophene rings is 1. The monoisotopic (exact) mass is 315 g/mol. The Morgan fingerprint density at radius 1 is 1.24 bits per heavy atom. The van der Waals surface area contributed by atoms with Gasteiger partial charge >= 0.3 is 0 Å². The predicted octanol–water partition coefficient (Wildman–Crippen LogP) is 4.76. The van der Waals surface area contributed by atoms with Crippen molar-refractivity contribution in [2.45, 2.75) is 30.2 Å². The minimum absolute atomic E-state index is 0.683. The zero-order valence-electron chi connectivity index (χ0n) is 12.3. The molecular formula is C16H17N3S2. The number of rotatable bonds is 4. The van der Waals surface area contributed by atoms with Crippen LogP contribution in [0.4, 0.5) is 5.95 Å². The fraction of sp³-hybridized carbons (Fsp3) is 0.250. The molecular weight excluding hydrogens is 298 g/mol. The van der Waals surface area contributed by atoms with Crippen molar-refractivity contribution in [3.8, 4) is 0 Å². The van der Waals surface area contributed by atoms with Gasteiger partial charge in [-0.2, -0.15) is 0 Å². The van der Waals surface area contributed by atoms with Crippen molar-refractivity contribution >= 4 is 39.3 Å². The summed E-state index contributed by atoms with van der Waals surface area (Å²) in [7, 11) is 1.86. The maximum Gasteiger partial charge on any atom is 0.224 e. The molecule has 0 aliphatic heterocycles. The van der Waals surface area contributed by atoms with E-state index in [2.05, 4.69) is 59.5 Å². The van der Waals surface area contributed by atoms with Gasteiger partial charge in [0.25, 0.3) is 0 Å². The van der Waals surface area contributed by atoms with Gasteiger partial charge in [0.1, 0.15) is 9.86 Å². The molecule has 0 aliphatic carbocycles. The lowest BCUT2D eigenvalue weighted by atomic mass is 10.2. The molecule has 0 saturated carbocycles. The van der Waals surface area contributed by atoms with E-state index < -0.39 is 0 Å². The Balaban J connectivity index is 2.09. The summed E-state index contributed by atoms with van der Waals surface area (Å²) >= 11 is 3.45. The zero-order valence-corrected chi connectivity index (χ0v) is 13.9. The van der Waals surface area contributed by atoms with E-state index in [0.29, 0.717) is 5.95 Å². The van der Waals surface area contributed by atoms with Crippen LogP contribution in [0, 0.1) is 6.92 Å². The summed E-state index contributed by atoms with van der Waals surface area (Å²) in [5.41, 5.74) is 1.26. The first-order valence-corrected chi connectivity index (χ1v) is 8.55. The maximum atomic E-state index is 4.64. The Morgan fingerprint density at radius 2 is 2.10 bits per heavy atom. The number of anilines is 1. The first kappa shape index (κ1) is 14.4. The van der Waals surface area contributed by atoms with Gasteiger partial charge in [0.2, 0.25) is 5.95 Å². The molecule has 0 spiro atoms. The molecule has 1 N–H and O–H groups in total. The van der Waals surface area contributed by atoms with Crippen molar-refractivity contribution in [1.82, 2.24) is 9.97 Å². The molecule has 3 nitrogen and oxygen atoms in total. The lowest BCUT2D eigenvalue weighted by Crippen LogP contribution is -1.96. The second kappa shape index (κ2) is 6.03. The molecule has 0 radical (unpaired) electrons. The third kappa shape index (κ3) is 3.04. The van der Waals surface area contributed by atoms with Crippen LogP contribution < -0.4 is 5.32 Å². The zero-order chi connectivity index (χ0) is 14.8. The minimum atomic E-state index is 0.683. The first-order chi connectivity index (χ1) is 10.2. The molecule has 1 aromatic carbocycles. The molecule has 21 heavy (non-hydrogen) atoms. The summed E-state index contributed by atoms with van der Waals surface area (Å²) in [6, 6.07) is 10.7. The van der Waals surface area contributed by atoms with Crippen LogP contribution in [0.1, 0.15) is 17.4 Å². The molecule has 0 bridgehead atoms. The van der Waals surface area contributed by atoms with E-state index in [1.165, 1.54) is 15.3 Å². The third-order valence-electron chi connectivity index (χ3n) is 3.18. The van der Waals surface area contributed by atoms with E-state index in [1.54, 1.807) is 23.1 Å². The van der Waals surface area contributed by atoms with E-state index in [-0.39, 0.29) is 0 Å². The van der Waals surface area contributed by atoms with Crippen LogP contribution in [-0.2, 0) is 6.42 Å². The van der Waals surface area contributed by atoms with Crippen LogP contribution >= 0.6 is 23.1 Å². The number of fused-ring (bicyclic) bond motifs is 1. The molecule has 0 aliphatic rings. The molecule has 0 fully saturated rings. The molecule has 3 rings (SSSR count). The molecule has 108 valence electrons. The fourth-order valence-corrected chi connectivity index (χ4v) is 4.14. The third-order valence-corrected chi connectivity index (χ3v) is 5.35. The van der Waals surface area contributed by atoms with E-state index in [1.807, 2.05) is 7.05 Å². The Hall–Kier alpha value is -1.59. The number of nitrogens with zero attached hydrogens (tertiary/aromatic N) is 2. The molecule has 0 unspecified atom stereocenters. The highest BCUT2D eigenvalue weighted by atomic mass is 32.2. The number of aromatic nitrogens is 2. The maximum absolute atomic E-state index is 4.64. The topological polar surface area (TPSA) is 37.8 Å². The van der Waals surface area contributed by atoms with Gasteiger partial charge in [-0.25, -0.2) is 9.97 Å². The van der Waals surface area contributed by atoms with Crippen molar-refractivity contribution in [2.75, 3.05) is 12.4 Å². The molecule has 5 heteroatoms. The van der Waals surface area contributed by atoms with E-state index in [9.17, 15) is 0 Å². The number of nitrogens with one attached hydrogen (secondary N) is 1. The summed E-state index contributed by atoms with van der Waals surface area (Å²) in [6.07, 6.45) is 1.03. The summed E-state index contributed by atoms with van der Waals surface area (Å²) < 4.78 is 0. The Kier molecular flexibility index (Phi) is 4.12. The molecule has 2 aromatic heterocycles. The average molecular weight is 315 g/mol. The highest BCUT2D eigenvalue weighted by Crippen LogP contribution is 2.36. The van der Waals surface area contributed by atoms with Gasteiger partial charge < -0.3 is 5.32 Å². The van der Waals surface area contributed by atoms with Crippen molar-refractivity contribution in [2.24, 2.45) is 0 Å². The minimum Gasteiger partial charge on any atom is -0.357 e. The molecule has 0 atom stereocenters. The number of hydrogen-bond donors (Lipinski definition) is 1. The van der Waals surface area contributed by atoms with Crippen LogP contribution in [-0.4, -0.2) is 17.0 Å². The van der Waals surface area contributed by atoms with Gasteiger partial charge in [0.05, 0.1) is 0 Å². The van der Waals surface area contributed by atoms with Gasteiger partial charge in [0.15, 0.2) is 0 Å². The van der Waals surface area contributed by atoms with Crippen molar-refractivity contribution in [1.29, 1.82) is 0 Å². The quantitative estimate of drug-likeness (QED) is 0.705. The highest BCUT2D eigenvalue weighted by Gasteiger charge is 2.12. The van der Waals surface area contributed by atoms with E-state index >= 15 is 0 Å². The van der Waals surface area contributed by atoms with E-state index in [4.69, 9.17) is 0 Å². The van der Waals surface area contributed by atoms with Crippen molar-refractivity contribution < 1.29 is 0 Å². The lowest BCUT2D eigenvalue weighted by molar-refractivity contribution is 1.10. The first-order valence-electron chi connectivity index (χ1n) is 6.92. The normalized spacial score (nSPS) is 11.0. The van der Waals surface area contributed by atoms with Crippen LogP contribution in [0.2, 0.25) is 0 Å². The summed E-state index contributed by atoms with van der Waals surface area (Å²) in [6.45, 7) is 4.28. The Bertz CT molecular complexity index is 780. The summed E-state index contributed by atoms with van der Waals surface area (Å²) in [4.78, 5) is 12.8. The van der Waals surface area contributed by atoms with Crippen molar-refractivity contribution in [3.05, 3.63) is 40.8 Å². The van der Waals surface area contributed by atoms with Crippen LogP contribution in [0.3, 0.4) is 0 Å². The fourth-order valence-electron chi connectivity index (χ4n) is 2.10. The van der Waals surface area contributed by atoms with Gasteiger partial charge in [-0.3, -0.25) is 0 Å². The Morgan fingerprint density at radius 3 is 2.81 bits per heavy atom. The van der Waals surface area contributed by atoms with Gasteiger partial charge in [-0.05, 0) is 31.5 Å². The summed E-state index contributed by atoms with van der Waals surface area (Å²) in [5, 5.41) is 5.23. The van der Waals surface area contributed by atoms with Gasteiger partial charge in [0, 0.05) is 22.2 Å². The second-order valence-electron chi connectivity index (χ2n) is 4.81.